The van der Waals surface area contributed by atoms with Crippen molar-refractivity contribution in [3.05, 3.63) is 53.8 Å². The number of anilines is 1. The van der Waals surface area contributed by atoms with Crippen molar-refractivity contribution in [3.63, 3.8) is 0 Å². The van der Waals surface area contributed by atoms with Crippen molar-refractivity contribution in [2.24, 2.45) is 5.73 Å². The van der Waals surface area contributed by atoms with E-state index in [2.05, 4.69) is 33.8 Å². The van der Waals surface area contributed by atoms with Crippen LogP contribution in [0.3, 0.4) is 0 Å². The third-order valence-electron chi connectivity index (χ3n) is 5.76. The van der Waals surface area contributed by atoms with Gasteiger partial charge in [-0.25, -0.2) is 14.1 Å². The van der Waals surface area contributed by atoms with Gasteiger partial charge in [-0.3, -0.25) is 9.59 Å². The smallest absolute Gasteiger partial charge is 0.255 e. The molecule has 170 valence electrons. The van der Waals surface area contributed by atoms with Gasteiger partial charge < -0.3 is 20.5 Å². The summed E-state index contributed by atoms with van der Waals surface area (Å²) in [5.41, 5.74) is 7.33. The van der Waals surface area contributed by atoms with E-state index in [0.29, 0.717) is 42.9 Å². The summed E-state index contributed by atoms with van der Waals surface area (Å²) in [7, 11) is 1.65. The van der Waals surface area contributed by atoms with Crippen LogP contribution in [0.15, 0.2) is 31.1 Å². The molecule has 33 heavy (non-hydrogen) atoms. The van der Waals surface area contributed by atoms with E-state index >= 15 is 0 Å². The third-order valence-corrected chi connectivity index (χ3v) is 5.76. The Balaban J connectivity index is 1.74. The molecule has 0 unspecified atom stereocenters. The number of benzene rings is 1. The maximum atomic E-state index is 14.7. The first-order valence-corrected chi connectivity index (χ1v) is 10.6. The molecule has 0 aliphatic carbocycles. The Bertz CT molecular complexity index is 1330. The maximum absolute atomic E-state index is 14.7. The molecule has 1 atom stereocenters. The zero-order chi connectivity index (χ0) is 23.7. The predicted octanol–water partition coefficient (Wildman–Crippen LogP) is 1.89. The van der Waals surface area contributed by atoms with Gasteiger partial charge in [0.05, 0.1) is 29.0 Å². The SMILES string of the molecule is C=CC(=O)N1CC[C@H](n2nc(C#Cc3cc4ncn(CC)c4cc3F)c(C(N)=O)c2NC)C1. The number of halogens is 1. The standard InChI is InChI=1S/C23H24FN7O2/c1-4-20(32)30-9-8-15(12-30)31-23(26-3)21(22(25)33)17(28-31)7-6-14-10-18-19(11-16(14)24)29(5-2)13-27-18/h4,10-11,13,15,26H,1,5,8-9,12H2,2-3H3,(H2,25,33)/t15-/m0/s1. The fourth-order valence-corrected chi connectivity index (χ4v) is 4.08. The zero-order valence-electron chi connectivity index (χ0n) is 18.4. The monoisotopic (exact) mass is 449 g/mol. The molecule has 1 saturated heterocycles. The molecular weight excluding hydrogens is 425 g/mol. The number of hydrogen-bond acceptors (Lipinski definition) is 5. The summed E-state index contributed by atoms with van der Waals surface area (Å²) in [4.78, 5) is 30.1. The molecule has 10 heteroatoms. The number of primary amides is 1. The summed E-state index contributed by atoms with van der Waals surface area (Å²) >= 11 is 0. The van der Waals surface area contributed by atoms with Gasteiger partial charge in [0.25, 0.3) is 5.91 Å². The van der Waals surface area contributed by atoms with E-state index in [1.54, 1.807) is 29.0 Å². The van der Waals surface area contributed by atoms with Crippen molar-refractivity contribution >= 4 is 28.7 Å². The predicted molar refractivity (Wildman–Crippen MR) is 122 cm³/mol. The van der Waals surface area contributed by atoms with Gasteiger partial charge in [0, 0.05) is 32.7 Å². The van der Waals surface area contributed by atoms with E-state index in [1.807, 2.05) is 11.5 Å². The number of amides is 2. The normalized spacial score (nSPS) is 15.4. The molecular formula is C23H24FN7O2. The number of nitrogens with zero attached hydrogens (tertiary/aromatic N) is 5. The molecule has 0 radical (unpaired) electrons. The molecule has 0 bridgehead atoms. The number of carbonyl (C=O) groups excluding carboxylic acids is 2. The number of nitrogens with one attached hydrogen (secondary N) is 1. The molecule has 2 amide bonds. The molecule has 3 N–H and O–H groups in total. The molecule has 1 aliphatic rings. The minimum Gasteiger partial charge on any atom is -0.373 e. The van der Waals surface area contributed by atoms with E-state index in [-0.39, 0.29) is 28.8 Å². The van der Waals surface area contributed by atoms with Crippen LogP contribution >= 0.6 is 0 Å². The van der Waals surface area contributed by atoms with Crippen LogP contribution in [-0.2, 0) is 11.3 Å². The molecule has 0 saturated carbocycles. The first-order chi connectivity index (χ1) is 15.9. The lowest BCUT2D eigenvalue weighted by molar-refractivity contribution is -0.125. The number of fused-ring (bicyclic) bond motifs is 1. The van der Waals surface area contributed by atoms with Crippen molar-refractivity contribution in [1.82, 2.24) is 24.2 Å². The van der Waals surface area contributed by atoms with E-state index in [0.717, 1.165) is 0 Å². The average Bonchev–Trinajstić information content (AvgIpc) is 3.52. The van der Waals surface area contributed by atoms with Crippen LogP contribution < -0.4 is 11.1 Å². The van der Waals surface area contributed by atoms with E-state index in [4.69, 9.17) is 5.73 Å². The average molecular weight is 449 g/mol. The van der Waals surface area contributed by atoms with Crippen LogP contribution in [0, 0.1) is 17.7 Å². The summed E-state index contributed by atoms with van der Waals surface area (Å²) < 4.78 is 18.2. The van der Waals surface area contributed by atoms with E-state index in [1.165, 1.54) is 12.1 Å². The first kappa shape index (κ1) is 22.1. The van der Waals surface area contributed by atoms with Gasteiger partial charge in [-0.2, -0.15) is 5.10 Å². The molecule has 1 fully saturated rings. The maximum Gasteiger partial charge on any atom is 0.255 e. The Morgan fingerprint density at radius 1 is 1.39 bits per heavy atom. The largest absolute Gasteiger partial charge is 0.373 e. The van der Waals surface area contributed by atoms with Crippen LogP contribution in [0.5, 0.6) is 0 Å². The van der Waals surface area contributed by atoms with Crippen LogP contribution in [-0.4, -0.2) is 56.2 Å². The van der Waals surface area contributed by atoms with Crippen molar-refractivity contribution < 1.29 is 14.0 Å². The van der Waals surface area contributed by atoms with Crippen LogP contribution in [0.1, 0.15) is 41.0 Å². The Morgan fingerprint density at radius 2 is 2.18 bits per heavy atom. The van der Waals surface area contributed by atoms with Crippen LogP contribution in [0.4, 0.5) is 10.2 Å². The lowest BCUT2D eigenvalue weighted by atomic mass is 10.1. The number of aromatic nitrogens is 4. The molecule has 1 aliphatic heterocycles. The second-order valence-electron chi connectivity index (χ2n) is 7.66. The Kier molecular flexibility index (Phi) is 5.87. The number of hydrogen-bond donors (Lipinski definition) is 2. The number of carbonyl (C=O) groups is 2. The quantitative estimate of drug-likeness (QED) is 0.457. The molecule has 3 heterocycles. The molecule has 1 aromatic carbocycles. The van der Waals surface area contributed by atoms with Gasteiger partial charge in [-0.05, 0) is 31.4 Å². The highest BCUT2D eigenvalue weighted by molar-refractivity contribution is 6.00. The van der Waals surface area contributed by atoms with Gasteiger partial charge in [-0.15, -0.1) is 0 Å². The fraction of sp³-hybridized carbons (Fsp3) is 0.304. The van der Waals surface area contributed by atoms with E-state index in [9.17, 15) is 14.0 Å². The number of likely N-dealkylation sites (tertiary alicyclic amines) is 1. The summed E-state index contributed by atoms with van der Waals surface area (Å²) in [6.07, 6.45) is 3.56. The highest BCUT2D eigenvalue weighted by Crippen LogP contribution is 2.29. The second-order valence-corrected chi connectivity index (χ2v) is 7.66. The van der Waals surface area contributed by atoms with Crippen LogP contribution in [0.2, 0.25) is 0 Å². The summed E-state index contributed by atoms with van der Waals surface area (Å²) in [6, 6.07) is 2.79. The van der Waals surface area contributed by atoms with Crippen molar-refractivity contribution in [2.75, 3.05) is 25.5 Å². The van der Waals surface area contributed by atoms with Gasteiger partial charge >= 0.3 is 0 Å². The first-order valence-electron chi connectivity index (χ1n) is 10.6. The summed E-state index contributed by atoms with van der Waals surface area (Å²) in [5.74, 6) is 4.62. The highest BCUT2D eigenvalue weighted by atomic mass is 19.1. The number of rotatable bonds is 5. The zero-order valence-corrected chi connectivity index (χ0v) is 18.4. The molecule has 0 spiro atoms. The summed E-state index contributed by atoms with van der Waals surface area (Å²) in [5, 5.41) is 7.47. The second kappa shape index (κ2) is 8.78. The minimum absolute atomic E-state index is 0.121. The lowest BCUT2D eigenvalue weighted by Crippen LogP contribution is -2.27. The van der Waals surface area contributed by atoms with Crippen LogP contribution in [0.25, 0.3) is 11.0 Å². The number of aryl methyl sites for hydroxylation is 1. The topological polar surface area (TPSA) is 111 Å². The van der Waals surface area contributed by atoms with E-state index < -0.39 is 11.7 Å². The Morgan fingerprint density at radius 3 is 2.85 bits per heavy atom. The van der Waals surface area contributed by atoms with Crippen molar-refractivity contribution in [2.45, 2.75) is 25.9 Å². The number of imidazole rings is 1. The van der Waals surface area contributed by atoms with Gasteiger partial charge in [0.2, 0.25) is 5.91 Å². The van der Waals surface area contributed by atoms with Gasteiger partial charge in [-0.1, -0.05) is 12.5 Å². The summed E-state index contributed by atoms with van der Waals surface area (Å²) in [6.45, 7) is 7.10. The van der Waals surface area contributed by atoms with Crippen molar-refractivity contribution in [3.8, 4) is 11.8 Å². The molecule has 3 aromatic rings. The van der Waals surface area contributed by atoms with Gasteiger partial charge in [0.15, 0.2) is 5.69 Å². The molecule has 9 nitrogen and oxygen atoms in total. The third kappa shape index (κ3) is 3.93. The molecule has 4 rings (SSSR count). The Labute approximate surface area is 190 Å². The lowest BCUT2D eigenvalue weighted by Gasteiger charge is -2.16. The van der Waals surface area contributed by atoms with Crippen molar-refractivity contribution in [1.29, 1.82) is 0 Å². The fourth-order valence-electron chi connectivity index (χ4n) is 4.08. The highest BCUT2D eigenvalue weighted by Gasteiger charge is 2.31. The number of nitrogens with two attached hydrogens (primary N) is 1. The molecule has 2 aromatic heterocycles. The minimum atomic E-state index is -0.704. The Hall–Kier alpha value is -4.13. The van der Waals surface area contributed by atoms with Gasteiger partial charge in [0.1, 0.15) is 17.2 Å².